The third-order valence-corrected chi connectivity index (χ3v) is 9.33. The van der Waals surface area contributed by atoms with Gasteiger partial charge in [0, 0.05) is 6.08 Å². The molecule has 0 aliphatic heterocycles. The van der Waals surface area contributed by atoms with Crippen molar-refractivity contribution >= 4 is 35.3 Å². The molecule has 152 valence electrons. The zero-order valence-corrected chi connectivity index (χ0v) is 18.0. The molecule has 0 aromatic heterocycles. The third-order valence-electron chi connectivity index (χ3n) is 5.15. The van der Waals surface area contributed by atoms with Crippen LogP contribution in [0.2, 0.25) is 0 Å². The summed E-state index contributed by atoms with van der Waals surface area (Å²) in [4.78, 5) is 12.2. The Morgan fingerprint density at radius 3 is 1.32 bits per heavy atom. The monoisotopic (exact) mass is 423 g/mol. The maximum atomic E-state index is 12.2. The molecule has 0 saturated carbocycles. The van der Waals surface area contributed by atoms with Gasteiger partial charge in [-0.05, 0) is 42.0 Å². The highest BCUT2D eigenvalue weighted by molar-refractivity contribution is 7.99. The second-order valence-electron chi connectivity index (χ2n) is 7.11. The first kappa shape index (κ1) is 20.6. The molecule has 0 heterocycles. The number of carbonyl (C=O) groups excluding carboxylic acids is 1. The lowest BCUT2D eigenvalue weighted by Gasteiger charge is -2.29. The Balaban J connectivity index is 2.12. The smallest absolute Gasteiger partial charge is 0.319 e. The Hall–Kier alpha value is -3.68. The maximum absolute atomic E-state index is 12.2. The predicted octanol–water partition coefficient (Wildman–Crippen LogP) is 4.65. The summed E-state index contributed by atoms with van der Waals surface area (Å²) in [5.41, 5.74) is 7.50. The van der Waals surface area contributed by atoms with E-state index in [0.717, 1.165) is 26.9 Å². The normalized spacial score (nSPS) is 11.7. The van der Waals surface area contributed by atoms with Crippen molar-refractivity contribution in [3.63, 3.8) is 0 Å². The lowest BCUT2D eigenvalue weighted by molar-refractivity contribution is 0.252. The van der Waals surface area contributed by atoms with E-state index in [-0.39, 0.29) is 0 Å². The minimum absolute atomic E-state index is 0.575. The number of urea groups is 1. The van der Waals surface area contributed by atoms with Crippen LogP contribution in [0.1, 0.15) is 5.56 Å². The Morgan fingerprint density at radius 1 is 0.613 bits per heavy atom. The van der Waals surface area contributed by atoms with E-state index in [1.165, 1.54) is 0 Å². The summed E-state index contributed by atoms with van der Waals surface area (Å²) in [5.74, 6) is 0. The minimum Gasteiger partial charge on any atom is -0.351 e. The number of rotatable bonds is 6. The van der Waals surface area contributed by atoms with Crippen LogP contribution in [0, 0.1) is 0 Å². The quantitative estimate of drug-likeness (QED) is 0.436. The van der Waals surface area contributed by atoms with Crippen LogP contribution >= 0.6 is 7.26 Å². The van der Waals surface area contributed by atoms with Gasteiger partial charge in [-0.1, -0.05) is 84.9 Å². The van der Waals surface area contributed by atoms with Crippen molar-refractivity contribution in [2.45, 2.75) is 0 Å². The fourth-order valence-corrected chi connectivity index (χ4v) is 8.08. The number of benzene rings is 4. The summed E-state index contributed by atoms with van der Waals surface area (Å²) in [6, 6.07) is 40.5. The van der Waals surface area contributed by atoms with E-state index in [2.05, 4.69) is 41.7 Å². The van der Waals surface area contributed by atoms with Crippen LogP contribution in [-0.2, 0) is 0 Å². The van der Waals surface area contributed by atoms with Crippen LogP contribution in [0.4, 0.5) is 4.79 Å². The molecule has 0 aliphatic carbocycles. The van der Waals surface area contributed by atoms with Crippen LogP contribution in [0.25, 0.3) is 6.08 Å². The average molecular weight is 423 g/mol. The molecule has 0 atom stereocenters. The summed E-state index contributed by atoms with van der Waals surface area (Å²) >= 11 is 0. The van der Waals surface area contributed by atoms with E-state index >= 15 is 0 Å². The second-order valence-corrected chi connectivity index (χ2v) is 10.5. The molecule has 0 radical (unpaired) electrons. The first-order valence-electron chi connectivity index (χ1n) is 10.1. The summed E-state index contributed by atoms with van der Waals surface area (Å²) < 4.78 is 0. The van der Waals surface area contributed by atoms with Gasteiger partial charge in [0.1, 0.15) is 15.9 Å². The molecule has 0 spiro atoms. The molecule has 4 heteroatoms. The lowest BCUT2D eigenvalue weighted by Crippen LogP contribution is -2.39. The number of amides is 2. The number of nitrogens with one attached hydrogen (secondary N) is 1. The molecule has 0 saturated heterocycles. The first-order valence-corrected chi connectivity index (χ1v) is 11.9. The number of carbonyl (C=O) groups is 1. The molecule has 4 rings (SSSR count). The summed E-state index contributed by atoms with van der Waals surface area (Å²) in [6.07, 6.45) is 2.05. The van der Waals surface area contributed by atoms with Crippen LogP contribution in [0.15, 0.2) is 127 Å². The third kappa shape index (κ3) is 4.28. The van der Waals surface area contributed by atoms with Gasteiger partial charge < -0.3 is 5.73 Å². The fraction of sp³-hybridized carbons (Fsp3) is 0. The molecule has 31 heavy (non-hydrogen) atoms. The van der Waals surface area contributed by atoms with E-state index in [1.54, 1.807) is 0 Å². The van der Waals surface area contributed by atoms with Gasteiger partial charge in [0.2, 0.25) is 0 Å². The van der Waals surface area contributed by atoms with E-state index in [1.807, 2.05) is 91.0 Å². The Labute approximate surface area is 183 Å². The van der Waals surface area contributed by atoms with Gasteiger partial charge in [-0.25, -0.2) is 4.79 Å². The summed E-state index contributed by atoms with van der Waals surface area (Å²) in [5, 5.41) is 6.44. The van der Waals surface area contributed by atoms with Crippen LogP contribution in [0.5, 0.6) is 0 Å². The van der Waals surface area contributed by atoms with Gasteiger partial charge in [-0.2, -0.15) is 0 Å². The molecule has 0 aliphatic rings. The molecule has 3 N–H and O–H groups in total. The zero-order chi connectivity index (χ0) is 21.5. The second kappa shape index (κ2) is 9.42. The fourth-order valence-electron chi connectivity index (χ4n) is 3.87. The highest BCUT2D eigenvalue weighted by Crippen LogP contribution is 2.61. The van der Waals surface area contributed by atoms with Crippen molar-refractivity contribution in [3.8, 4) is 0 Å². The predicted molar refractivity (Wildman–Crippen MR) is 132 cm³/mol. The Morgan fingerprint density at radius 2 is 0.968 bits per heavy atom. The Kier molecular flexibility index (Phi) is 6.26. The molecule has 4 aromatic carbocycles. The molecule has 0 bridgehead atoms. The maximum Gasteiger partial charge on any atom is 0.319 e. The van der Waals surface area contributed by atoms with E-state index in [9.17, 15) is 4.79 Å². The molecular formula is C27H24N2OP+. The van der Waals surface area contributed by atoms with Crippen molar-refractivity contribution in [3.05, 3.63) is 132 Å². The average Bonchev–Trinajstić information content (AvgIpc) is 2.82. The van der Waals surface area contributed by atoms with Crippen LogP contribution < -0.4 is 27.0 Å². The summed E-state index contributed by atoms with van der Waals surface area (Å²) in [7, 11) is -2.43. The highest BCUT2D eigenvalue weighted by Gasteiger charge is 2.50. The lowest BCUT2D eigenvalue weighted by atomic mass is 10.2. The van der Waals surface area contributed by atoms with Gasteiger partial charge in [-0.15, -0.1) is 0 Å². The van der Waals surface area contributed by atoms with Crippen molar-refractivity contribution < 1.29 is 4.79 Å². The van der Waals surface area contributed by atoms with Crippen molar-refractivity contribution in [1.82, 2.24) is 5.32 Å². The molecular weight excluding hydrogens is 399 g/mol. The highest BCUT2D eigenvalue weighted by atomic mass is 31.2. The molecule has 0 fully saturated rings. The van der Waals surface area contributed by atoms with Gasteiger partial charge in [-0.3, -0.25) is 5.32 Å². The number of hydrogen-bond donors (Lipinski definition) is 2. The van der Waals surface area contributed by atoms with Crippen LogP contribution in [-0.4, -0.2) is 6.03 Å². The number of primary amides is 1. The summed E-state index contributed by atoms with van der Waals surface area (Å²) in [6.45, 7) is 0. The molecule has 4 aromatic rings. The van der Waals surface area contributed by atoms with Gasteiger partial charge in [0.05, 0.1) is 0 Å². The SMILES string of the molecule is NC(=O)NC(=Cc1ccccc1)[P+](c1ccccc1)(c1ccccc1)c1ccccc1. The molecule has 3 nitrogen and oxygen atoms in total. The van der Waals surface area contributed by atoms with Crippen molar-refractivity contribution in [2.75, 3.05) is 0 Å². The topological polar surface area (TPSA) is 55.1 Å². The van der Waals surface area contributed by atoms with E-state index in [4.69, 9.17) is 5.73 Å². The number of hydrogen-bond acceptors (Lipinski definition) is 1. The van der Waals surface area contributed by atoms with E-state index < -0.39 is 13.3 Å². The van der Waals surface area contributed by atoms with Crippen LogP contribution in [0.3, 0.4) is 0 Å². The molecule has 0 unspecified atom stereocenters. The standard InChI is InChI=1S/C27H23N2OP/c28-27(30)29-26(21-22-13-5-1-6-14-22)31(23-15-7-2-8-16-23,24-17-9-3-10-18-24)25-19-11-4-12-20-25/h1-21H,(H2-,28,29,30)/p+1. The Bertz CT molecular complexity index is 1060. The van der Waals surface area contributed by atoms with Gasteiger partial charge in [0.15, 0.2) is 12.7 Å². The minimum atomic E-state index is -2.43. The number of nitrogens with two attached hydrogens (primary N) is 1. The van der Waals surface area contributed by atoms with Crippen molar-refractivity contribution in [1.29, 1.82) is 0 Å². The van der Waals surface area contributed by atoms with Crippen molar-refractivity contribution in [2.24, 2.45) is 5.73 Å². The van der Waals surface area contributed by atoms with Gasteiger partial charge in [0.25, 0.3) is 0 Å². The van der Waals surface area contributed by atoms with Gasteiger partial charge >= 0.3 is 6.03 Å². The first-order chi connectivity index (χ1) is 15.2. The zero-order valence-electron chi connectivity index (χ0n) is 17.1. The van der Waals surface area contributed by atoms with E-state index in [0.29, 0.717) is 0 Å². The molecule has 2 amide bonds. The largest absolute Gasteiger partial charge is 0.351 e.